The Morgan fingerprint density at radius 1 is 1.33 bits per heavy atom. The molecule has 0 spiro atoms. The average Bonchev–Trinajstić information content (AvgIpc) is 2.11. The van der Waals surface area contributed by atoms with Crippen LogP contribution in [0.25, 0.3) is 0 Å². The molecule has 0 aromatic rings. The smallest absolute Gasteiger partial charge is 0.0524 e. The second-order valence-corrected chi connectivity index (χ2v) is 9.56. The van der Waals surface area contributed by atoms with E-state index in [0.29, 0.717) is 0 Å². The average molecular weight is 140 g/mol. The van der Waals surface area contributed by atoms with Gasteiger partial charge in [0.05, 0.1) is 8.07 Å². The molecular weight excluding hydrogens is 124 g/mol. The van der Waals surface area contributed by atoms with Crippen LogP contribution < -0.4 is 0 Å². The highest BCUT2D eigenvalue weighted by molar-refractivity contribution is 6.79. The molecule has 0 bridgehead atoms. The van der Waals surface area contributed by atoms with Gasteiger partial charge in [0.1, 0.15) is 0 Å². The number of rotatable bonds is 1. The second-order valence-electron chi connectivity index (χ2n) is 4.21. The molecule has 1 fully saturated rings. The first-order valence-electron chi connectivity index (χ1n) is 3.63. The van der Waals surface area contributed by atoms with Gasteiger partial charge in [0.2, 0.25) is 0 Å². The molecule has 0 radical (unpaired) electrons. The highest BCUT2D eigenvalue weighted by atomic mass is 28.3. The molecular formula is C8H16Si. The lowest BCUT2D eigenvalue weighted by Crippen LogP contribution is -2.20. The third-order valence-corrected chi connectivity index (χ3v) is 5.05. The summed E-state index contributed by atoms with van der Waals surface area (Å²) in [6.07, 6.45) is 0. The summed E-state index contributed by atoms with van der Waals surface area (Å²) in [5.74, 6) is 0.844. The van der Waals surface area contributed by atoms with Crippen molar-refractivity contribution in [2.75, 3.05) is 0 Å². The summed E-state index contributed by atoms with van der Waals surface area (Å²) in [6.45, 7) is 13.6. The van der Waals surface area contributed by atoms with Crippen LogP contribution in [0.4, 0.5) is 0 Å². The van der Waals surface area contributed by atoms with E-state index in [2.05, 4.69) is 33.1 Å². The topological polar surface area (TPSA) is 0 Å². The summed E-state index contributed by atoms with van der Waals surface area (Å²) in [5.41, 5.74) is 2.44. The fraction of sp³-hybridized carbons (Fsp3) is 0.750. The minimum Gasteiger partial charge on any atom is -0.0996 e. The molecule has 0 saturated heterocycles. The van der Waals surface area contributed by atoms with Crippen LogP contribution in [0.3, 0.4) is 0 Å². The molecule has 1 aliphatic rings. The molecule has 0 amide bonds. The van der Waals surface area contributed by atoms with Crippen molar-refractivity contribution >= 4 is 8.07 Å². The van der Waals surface area contributed by atoms with Gasteiger partial charge in [-0.1, -0.05) is 38.7 Å². The Morgan fingerprint density at radius 3 is 1.67 bits per heavy atom. The van der Waals surface area contributed by atoms with E-state index in [1.165, 1.54) is 5.57 Å². The van der Waals surface area contributed by atoms with E-state index in [4.69, 9.17) is 0 Å². The van der Waals surface area contributed by atoms with Gasteiger partial charge in [0, 0.05) is 0 Å². The van der Waals surface area contributed by atoms with Crippen molar-refractivity contribution < 1.29 is 0 Å². The maximum absolute atomic E-state index is 4.03. The first kappa shape index (κ1) is 7.07. The Morgan fingerprint density at radius 2 is 1.67 bits per heavy atom. The third-order valence-electron chi connectivity index (χ3n) is 2.31. The van der Waals surface area contributed by atoms with Gasteiger partial charge < -0.3 is 0 Å². The Bertz CT molecular complexity index is 141. The van der Waals surface area contributed by atoms with Crippen molar-refractivity contribution in [2.45, 2.75) is 32.1 Å². The van der Waals surface area contributed by atoms with E-state index in [1.807, 2.05) is 0 Å². The summed E-state index contributed by atoms with van der Waals surface area (Å²) in [4.78, 5) is 0. The molecule has 0 aromatic carbocycles. The highest BCUT2D eigenvalue weighted by Gasteiger charge is 2.46. The zero-order chi connectivity index (χ0) is 7.23. The van der Waals surface area contributed by atoms with Crippen molar-refractivity contribution in [3.8, 4) is 0 Å². The Hall–Kier alpha value is -0.0431. The van der Waals surface area contributed by atoms with Crippen LogP contribution in [0.15, 0.2) is 12.2 Å². The van der Waals surface area contributed by atoms with Crippen LogP contribution in [-0.2, 0) is 0 Å². The third kappa shape index (κ3) is 1.11. The van der Waals surface area contributed by atoms with Crippen LogP contribution >= 0.6 is 0 Å². The van der Waals surface area contributed by atoms with Crippen molar-refractivity contribution in [1.82, 2.24) is 0 Å². The van der Waals surface area contributed by atoms with Crippen LogP contribution in [-0.4, -0.2) is 8.07 Å². The normalized spacial score (nSPS) is 34.9. The van der Waals surface area contributed by atoms with Crippen LogP contribution in [0.2, 0.25) is 25.2 Å². The molecule has 0 N–H and O–H groups in total. The quantitative estimate of drug-likeness (QED) is 0.388. The van der Waals surface area contributed by atoms with Crippen molar-refractivity contribution in [1.29, 1.82) is 0 Å². The summed E-state index contributed by atoms with van der Waals surface area (Å²) in [7, 11) is -0.849. The summed E-state index contributed by atoms with van der Waals surface area (Å²) in [5, 5.41) is 0. The first-order chi connectivity index (χ1) is 3.94. The molecule has 0 heterocycles. The predicted molar refractivity (Wildman–Crippen MR) is 45.4 cm³/mol. The van der Waals surface area contributed by atoms with E-state index in [-0.39, 0.29) is 0 Å². The minimum absolute atomic E-state index is 0.844. The summed E-state index contributed by atoms with van der Waals surface area (Å²) in [6, 6.07) is 0. The SMILES string of the molecule is C=C1C(C)C1[Si](C)(C)C. The van der Waals surface area contributed by atoms with E-state index in [1.54, 1.807) is 0 Å². The summed E-state index contributed by atoms with van der Waals surface area (Å²) >= 11 is 0. The van der Waals surface area contributed by atoms with Crippen LogP contribution in [0.5, 0.6) is 0 Å². The van der Waals surface area contributed by atoms with Crippen LogP contribution in [0, 0.1) is 5.92 Å². The highest BCUT2D eigenvalue weighted by Crippen LogP contribution is 2.55. The van der Waals surface area contributed by atoms with Crippen molar-refractivity contribution in [3.05, 3.63) is 12.2 Å². The maximum Gasteiger partial charge on any atom is 0.0524 e. The monoisotopic (exact) mass is 140 g/mol. The molecule has 0 aliphatic heterocycles. The Kier molecular flexibility index (Phi) is 1.35. The molecule has 1 heteroatoms. The lowest BCUT2D eigenvalue weighted by atomic mass is 10.5. The maximum atomic E-state index is 4.03. The molecule has 52 valence electrons. The molecule has 9 heavy (non-hydrogen) atoms. The summed E-state index contributed by atoms with van der Waals surface area (Å²) < 4.78 is 0. The van der Waals surface area contributed by atoms with Gasteiger partial charge in [-0.15, -0.1) is 0 Å². The molecule has 1 saturated carbocycles. The Labute approximate surface area is 59.0 Å². The van der Waals surface area contributed by atoms with E-state index in [9.17, 15) is 0 Å². The van der Waals surface area contributed by atoms with Gasteiger partial charge in [-0.25, -0.2) is 0 Å². The fourth-order valence-corrected chi connectivity index (χ4v) is 4.76. The van der Waals surface area contributed by atoms with Crippen LogP contribution in [0.1, 0.15) is 6.92 Å². The van der Waals surface area contributed by atoms with Gasteiger partial charge in [-0.05, 0) is 11.5 Å². The van der Waals surface area contributed by atoms with E-state index < -0.39 is 8.07 Å². The first-order valence-corrected chi connectivity index (χ1v) is 7.21. The van der Waals surface area contributed by atoms with Gasteiger partial charge in [0.15, 0.2) is 0 Å². The second kappa shape index (κ2) is 1.72. The zero-order valence-corrected chi connectivity index (χ0v) is 7.86. The molecule has 0 nitrogen and oxygen atoms in total. The molecule has 1 rings (SSSR count). The van der Waals surface area contributed by atoms with Gasteiger partial charge in [0.25, 0.3) is 0 Å². The predicted octanol–water partition coefficient (Wildman–Crippen LogP) is 2.90. The Balaban J connectivity index is 2.60. The fourth-order valence-electron chi connectivity index (χ4n) is 1.77. The van der Waals surface area contributed by atoms with Gasteiger partial charge >= 0.3 is 0 Å². The van der Waals surface area contributed by atoms with E-state index >= 15 is 0 Å². The molecule has 1 aliphatic carbocycles. The standard InChI is InChI=1S/C8H16Si/c1-6-7(2)8(6)9(3,4)5/h7-8H,1H2,2-5H3. The van der Waals surface area contributed by atoms with Gasteiger partial charge in [-0.2, -0.15) is 0 Å². The zero-order valence-electron chi connectivity index (χ0n) is 6.86. The molecule has 0 aromatic heterocycles. The lowest BCUT2D eigenvalue weighted by molar-refractivity contribution is 0.994. The molecule has 2 unspecified atom stereocenters. The molecule has 2 atom stereocenters. The number of hydrogen-bond acceptors (Lipinski definition) is 0. The largest absolute Gasteiger partial charge is 0.0996 e. The van der Waals surface area contributed by atoms with Crippen molar-refractivity contribution in [2.24, 2.45) is 5.92 Å². The van der Waals surface area contributed by atoms with Gasteiger partial charge in [-0.3, -0.25) is 0 Å². The van der Waals surface area contributed by atoms with Crippen molar-refractivity contribution in [3.63, 3.8) is 0 Å². The number of hydrogen-bond donors (Lipinski definition) is 0. The van der Waals surface area contributed by atoms with E-state index in [0.717, 1.165) is 11.5 Å². The number of allylic oxidation sites excluding steroid dienone is 1. The lowest BCUT2D eigenvalue weighted by Gasteiger charge is -2.13. The minimum atomic E-state index is -0.849.